The van der Waals surface area contributed by atoms with E-state index in [0.29, 0.717) is 0 Å². The van der Waals surface area contributed by atoms with Gasteiger partial charge in [-0.25, -0.2) is 0 Å². The molecule has 0 heterocycles. The normalized spacial score (nSPS) is 13.1. The first-order valence-electron chi connectivity index (χ1n) is 3.97. The largest absolute Gasteiger partial charge is 0.389 e. The van der Waals surface area contributed by atoms with Crippen molar-refractivity contribution in [2.24, 2.45) is 0 Å². The standard InChI is InChI=1S/C10H13BrO/c1-6-4-5-9(8(3)12)7(2)10(6)11/h4-5,8,12H,1-3H3/t8-/m1/s1. The van der Waals surface area contributed by atoms with Crippen molar-refractivity contribution in [3.8, 4) is 0 Å². The van der Waals surface area contributed by atoms with Crippen LogP contribution in [0.25, 0.3) is 0 Å². The van der Waals surface area contributed by atoms with Gasteiger partial charge >= 0.3 is 0 Å². The molecule has 0 aromatic heterocycles. The number of rotatable bonds is 1. The molecule has 1 aromatic rings. The average Bonchev–Trinajstić information content (AvgIpc) is 2.00. The molecule has 12 heavy (non-hydrogen) atoms. The van der Waals surface area contributed by atoms with Crippen LogP contribution in [0.15, 0.2) is 16.6 Å². The van der Waals surface area contributed by atoms with Gasteiger partial charge in [-0.15, -0.1) is 0 Å². The van der Waals surface area contributed by atoms with Crippen LogP contribution in [-0.2, 0) is 0 Å². The van der Waals surface area contributed by atoms with Gasteiger partial charge in [-0.3, -0.25) is 0 Å². The molecule has 0 aliphatic carbocycles. The van der Waals surface area contributed by atoms with Gasteiger partial charge in [-0.05, 0) is 37.5 Å². The van der Waals surface area contributed by atoms with Crippen molar-refractivity contribution in [3.63, 3.8) is 0 Å². The summed E-state index contributed by atoms with van der Waals surface area (Å²) in [5.74, 6) is 0. The number of hydrogen-bond donors (Lipinski definition) is 1. The van der Waals surface area contributed by atoms with Gasteiger partial charge in [0.2, 0.25) is 0 Å². The molecule has 0 fully saturated rings. The van der Waals surface area contributed by atoms with Gasteiger partial charge in [-0.1, -0.05) is 28.1 Å². The van der Waals surface area contributed by atoms with Crippen LogP contribution in [0, 0.1) is 13.8 Å². The van der Waals surface area contributed by atoms with Crippen LogP contribution in [0.2, 0.25) is 0 Å². The summed E-state index contributed by atoms with van der Waals surface area (Å²) in [5.41, 5.74) is 3.33. The van der Waals surface area contributed by atoms with E-state index in [2.05, 4.69) is 15.9 Å². The van der Waals surface area contributed by atoms with E-state index in [1.54, 1.807) is 6.92 Å². The zero-order chi connectivity index (χ0) is 9.30. The van der Waals surface area contributed by atoms with E-state index in [4.69, 9.17) is 0 Å². The van der Waals surface area contributed by atoms with Crippen molar-refractivity contribution in [3.05, 3.63) is 33.3 Å². The van der Waals surface area contributed by atoms with Crippen molar-refractivity contribution in [2.75, 3.05) is 0 Å². The molecule has 0 saturated carbocycles. The highest BCUT2D eigenvalue weighted by atomic mass is 79.9. The monoisotopic (exact) mass is 228 g/mol. The molecule has 0 radical (unpaired) electrons. The molecule has 1 N–H and O–H groups in total. The first-order valence-corrected chi connectivity index (χ1v) is 4.77. The second-order valence-electron chi connectivity index (χ2n) is 3.09. The molecule has 0 aliphatic rings. The molecule has 66 valence electrons. The third-order valence-electron chi connectivity index (χ3n) is 2.07. The van der Waals surface area contributed by atoms with Crippen LogP contribution in [0.5, 0.6) is 0 Å². The van der Waals surface area contributed by atoms with Gasteiger partial charge in [0.05, 0.1) is 6.10 Å². The summed E-state index contributed by atoms with van der Waals surface area (Å²) >= 11 is 3.49. The second-order valence-corrected chi connectivity index (χ2v) is 3.88. The minimum Gasteiger partial charge on any atom is -0.389 e. The third kappa shape index (κ3) is 1.70. The Hall–Kier alpha value is -0.340. The summed E-state index contributed by atoms with van der Waals surface area (Å²) < 4.78 is 1.10. The highest BCUT2D eigenvalue weighted by Crippen LogP contribution is 2.27. The molecule has 1 nitrogen and oxygen atoms in total. The Kier molecular flexibility index (Phi) is 2.91. The predicted molar refractivity (Wildman–Crippen MR) is 54.2 cm³/mol. The number of hydrogen-bond acceptors (Lipinski definition) is 1. The lowest BCUT2D eigenvalue weighted by Crippen LogP contribution is -1.96. The number of halogens is 1. The topological polar surface area (TPSA) is 20.2 Å². The van der Waals surface area contributed by atoms with E-state index in [0.717, 1.165) is 15.6 Å². The van der Waals surface area contributed by atoms with Crippen LogP contribution in [0.4, 0.5) is 0 Å². The van der Waals surface area contributed by atoms with Gasteiger partial charge in [0.25, 0.3) is 0 Å². The molecule has 1 rings (SSSR count). The van der Waals surface area contributed by atoms with Crippen molar-refractivity contribution in [1.82, 2.24) is 0 Å². The lowest BCUT2D eigenvalue weighted by Gasteiger charge is -2.11. The highest BCUT2D eigenvalue weighted by molar-refractivity contribution is 9.10. The minimum atomic E-state index is -0.387. The lowest BCUT2D eigenvalue weighted by atomic mass is 10.0. The molecular weight excluding hydrogens is 216 g/mol. The van der Waals surface area contributed by atoms with Crippen LogP contribution in [0.1, 0.15) is 29.7 Å². The molecule has 1 aromatic carbocycles. The smallest absolute Gasteiger partial charge is 0.0764 e. The first-order chi connectivity index (χ1) is 5.54. The second kappa shape index (κ2) is 3.58. The van der Waals surface area contributed by atoms with Crippen LogP contribution in [0.3, 0.4) is 0 Å². The van der Waals surface area contributed by atoms with Crippen molar-refractivity contribution >= 4 is 15.9 Å². The van der Waals surface area contributed by atoms with Crippen LogP contribution < -0.4 is 0 Å². The van der Waals surface area contributed by atoms with Crippen molar-refractivity contribution < 1.29 is 5.11 Å². The molecular formula is C10H13BrO. The molecule has 0 bridgehead atoms. The fourth-order valence-corrected chi connectivity index (χ4v) is 1.65. The van der Waals surface area contributed by atoms with Gasteiger partial charge in [-0.2, -0.15) is 0 Å². The van der Waals surface area contributed by atoms with Gasteiger partial charge in [0, 0.05) is 4.47 Å². The number of aliphatic hydroxyl groups excluding tert-OH is 1. The van der Waals surface area contributed by atoms with Crippen LogP contribution in [-0.4, -0.2) is 5.11 Å². The Bertz CT molecular complexity index is 292. The zero-order valence-electron chi connectivity index (χ0n) is 7.56. The summed E-state index contributed by atoms with van der Waals surface area (Å²) in [4.78, 5) is 0. The Morgan fingerprint density at radius 2 is 1.92 bits per heavy atom. The van der Waals surface area contributed by atoms with Gasteiger partial charge in [0.1, 0.15) is 0 Å². The Morgan fingerprint density at radius 3 is 2.42 bits per heavy atom. The highest BCUT2D eigenvalue weighted by Gasteiger charge is 2.08. The van der Waals surface area contributed by atoms with Crippen molar-refractivity contribution in [2.45, 2.75) is 26.9 Å². The molecule has 2 heteroatoms. The number of aliphatic hydroxyl groups is 1. The molecule has 0 spiro atoms. The Balaban J connectivity index is 3.27. The van der Waals surface area contributed by atoms with Crippen LogP contribution >= 0.6 is 15.9 Å². The maximum absolute atomic E-state index is 9.40. The maximum Gasteiger partial charge on any atom is 0.0764 e. The van der Waals surface area contributed by atoms with E-state index in [1.165, 1.54) is 5.56 Å². The SMILES string of the molecule is Cc1ccc([C@@H](C)O)c(C)c1Br. The lowest BCUT2D eigenvalue weighted by molar-refractivity contribution is 0.198. The third-order valence-corrected chi connectivity index (χ3v) is 3.29. The van der Waals surface area contributed by atoms with Gasteiger partial charge < -0.3 is 5.11 Å². The number of aryl methyl sites for hydroxylation is 1. The van der Waals surface area contributed by atoms with E-state index in [9.17, 15) is 5.11 Å². The van der Waals surface area contributed by atoms with E-state index in [1.807, 2.05) is 26.0 Å². The average molecular weight is 229 g/mol. The quantitative estimate of drug-likeness (QED) is 0.784. The summed E-state index contributed by atoms with van der Waals surface area (Å²) in [6.07, 6.45) is -0.387. The van der Waals surface area contributed by atoms with E-state index in [-0.39, 0.29) is 6.10 Å². The summed E-state index contributed by atoms with van der Waals surface area (Å²) in [6, 6.07) is 3.99. The molecule has 0 aliphatic heterocycles. The first kappa shape index (κ1) is 9.75. The van der Waals surface area contributed by atoms with E-state index < -0.39 is 0 Å². The Morgan fingerprint density at radius 1 is 1.33 bits per heavy atom. The molecule has 0 unspecified atom stereocenters. The zero-order valence-corrected chi connectivity index (χ0v) is 9.14. The number of benzene rings is 1. The predicted octanol–water partition coefficient (Wildman–Crippen LogP) is 3.12. The maximum atomic E-state index is 9.40. The minimum absolute atomic E-state index is 0.387. The molecule has 0 amide bonds. The van der Waals surface area contributed by atoms with Gasteiger partial charge in [0.15, 0.2) is 0 Å². The summed E-state index contributed by atoms with van der Waals surface area (Å²) in [6.45, 7) is 5.84. The fraction of sp³-hybridized carbons (Fsp3) is 0.400. The van der Waals surface area contributed by atoms with Crippen molar-refractivity contribution in [1.29, 1.82) is 0 Å². The molecule has 1 atom stereocenters. The summed E-state index contributed by atoms with van der Waals surface area (Å²) in [5, 5.41) is 9.40. The Labute approximate surface area is 81.6 Å². The fourth-order valence-electron chi connectivity index (χ4n) is 1.29. The summed E-state index contributed by atoms with van der Waals surface area (Å²) in [7, 11) is 0. The molecule has 0 saturated heterocycles. The van der Waals surface area contributed by atoms with E-state index >= 15 is 0 Å².